The van der Waals surface area contributed by atoms with Crippen LogP contribution in [-0.2, 0) is 0 Å². The number of nitrogens with two attached hydrogens (primary N) is 1. The number of likely N-dealkylation sites (tertiary alicyclic amines) is 1. The summed E-state index contributed by atoms with van der Waals surface area (Å²) in [4.78, 5) is 12.7. The van der Waals surface area contributed by atoms with Gasteiger partial charge in [0.25, 0.3) is 0 Å². The van der Waals surface area contributed by atoms with E-state index in [1.54, 1.807) is 4.90 Å². The van der Waals surface area contributed by atoms with Crippen LogP contribution in [0.1, 0.15) is 19.8 Å². The van der Waals surface area contributed by atoms with Gasteiger partial charge in [0.1, 0.15) is 5.75 Å². The van der Waals surface area contributed by atoms with Crippen molar-refractivity contribution >= 4 is 11.7 Å². The van der Waals surface area contributed by atoms with Crippen molar-refractivity contribution in [3.8, 4) is 5.75 Å². The largest absolute Gasteiger partial charge is 0.494 e. The summed E-state index contributed by atoms with van der Waals surface area (Å²) in [6, 6.07) is 8.02. The van der Waals surface area contributed by atoms with Crippen molar-refractivity contribution in [1.29, 1.82) is 0 Å². The predicted octanol–water partition coefficient (Wildman–Crippen LogP) is 2.04. The first-order chi connectivity index (χ1) is 9.19. The summed E-state index contributed by atoms with van der Waals surface area (Å²) < 4.78 is 5.47. The zero-order valence-corrected chi connectivity index (χ0v) is 11.3. The van der Waals surface area contributed by atoms with Gasteiger partial charge in [0.05, 0.1) is 6.61 Å². The minimum absolute atomic E-state index is 0.322. The van der Waals surface area contributed by atoms with E-state index in [-0.39, 0.29) is 6.03 Å². The molecule has 0 bridgehead atoms. The number of carbonyl (C=O) groups excluding carboxylic acids is 1. The van der Waals surface area contributed by atoms with Crippen molar-refractivity contribution in [1.82, 2.24) is 4.90 Å². The molecule has 0 saturated carbocycles. The van der Waals surface area contributed by atoms with Gasteiger partial charge >= 0.3 is 6.03 Å². The first-order valence-electron chi connectivity index (χ1n) is 6.73. The van der Waals surface area contributed by atoms with E-state index in [1.165, 1.54) is 0 Å². The molecule has 0 spiro atoms. The molecule has 1 aromatic rings. The van der Waals surface area contributed by atoms with Crippen LogP contribution in [0.2, 0.25) is 0 Å². The van der Waals surface area contributed by atoms with Crippen molar-refractivity contribution in [2.24, 2.45) is 5.73 Å². The fraction of sp³-hybridized carbons (Fsp3) is 0.500. The lowest BCUT2D eigenvalue weighted by molar-refractivity contribution is 0.193. The van der Waals surface area contributed by atoms with Gasteiger partial charge in [0.2, 0.25) is 0 Å². The van der Waals surface area contributed by atoms with Crippen molar-refractivity contribution in [3.63, 3.8) is 0 Å². The van der Waals surface area contributed by atoms with Crippen molar-refractivity contribution < 1.29 is 9.53 Å². The number of nitrogens with zero attached hydrogens (tertiary/aromatic N) is 1. The van der Waals surface area contributed by atoms with E-state index in [2.05, 4.69) is 5.32 Å². The van der Waals surface area contributed by atoms with E-state index in [0.717, 1.165) is 37.4 Å². The summed E-state index contributed by atoms with van der Waals surface area (Å²) in [5, 5.41) is 3.48. The van der Waals surface area contributed by atoms with Gasteiger partial charge in [-0.15, -0.1) is 0 Å². The summed E-state index contributed by atoms with van der Waals surface area (Å²) in [7, 11) is 0. The third-order valence-electron chi connectivity index (χ3n) is 3.32. The highest BCUT2D eigenvalue weighted by molar-refractivity contribution is 5.72. The van der Waals surface area contributed by atoms with E-state index in [9.17, 15) is 4.79 Å². The fourth-order valence-corrected chi connectivity index (χ4v) is 2.32. The second kappa shape index (κ2) is 6.31. The smallest absolute Gasteiger partial charge is 0.314 e. The number of benzene rings is 1. The lowest BCUT2D eigenvalue weighted by Crippen LogP contribution is -2.44. The molecule has 1 fully saturated rings. The molecule has 0 radical (unpaired) electrons. The third kappa shape index (κ3) is 3.77. The fourth-order valence-electron chi connectivity index (χ4n) is 2.32. The first-order valence-corrected chi connectivity index (χ1v) is 6.73. The summed E-state index contributed by atoms with van der Waals surface area (Å²) in [5.74, 6) is 0.877. The van der Waals surface area contributed by atoms with E-state index in [1.807, 2.05) is 31.2 Å². The lowest BCUT2D eigenvalue weighted by Gasteiger charge is -2.31. The Labute approximate surface area is 113 Å². The van der Waals surface area contributed by atoms with Gasteiger partial charge in [0, 0.05) is 30.9 Å². The number of primary amides is 1. The SMILES string of the molecule is CCOc1cccc(NC2CCN(C(N)=O)CC2)c1. The van der Waals surface area contributed by atoms with E-state index < -0.39 is 0 Å². The number of nitrogens with one attached hydrogen (secondary N) is 1. The highest BCUT2D eigenvalue weighted by atomic mass is 16.5. The molecule has 0 aliphatic carbocycles. The van der Waals surface area contributed by atoms with Crippen molar-refractivity contribution in [2.45, 2.75) is 25.8 Å². The van der Waals surface area contributed by atoms with Gasteiger partial charge in [-0.3, -0.25) is 0 Å². The molecule has 19 heavy (non-hydrogen) atoms. The minimum atomic E-state index is -0.322. The van der Waals surface area contributed by atoms with Crippen LogP contribution in [0, 0.1) is 0 Å². The van der Waals surface area contributed by atoms with Gasteiger partial charge in [-0.25, -0.2) is 4.79 Å². The molecule has 1 aliphatic rings. The van der Waals surface area contributed by atoms with Crippen LogP contribution < -0.4 is 15.8 Å². The Kier molecular flexibility index (Phi) is 4.49. The van der Waals surface area contributed by atoms with Crippen molar-refractivity contribution in [2.75, 3.05) is 25.0 Å². The summed E-state index contributed by atoms with van der Waals surface area (Å²) >= 11 is 0. The van der Waals surface area contributed by atoms with Crippen LogP contribution in [0.5, 0.6) is 5.75 Å². The molecule has 1 aromatic carbocycles. The Morgan fingerprint density at radius 3 is 2.84 bits per heavy atom. The van der Waals surface area contributed by atoms with E-state index in [4.69, 9.17) is 10.5 Å². The number of carbonyl (C=O) groups is 1. The summed E-state index contributed by atoms with van der Waals surface area (Å²) in [5.41, 5.74) is 6.33. The lowest BCUT2D eigenvalue weighted by atomic mass is 10.0. The van der Waals surface area contributed by atoms with Gasteiger partial charge in [-0.2, -0.15) is 0 Å². The molecule has 2 amide bonds. The summed E-state index contributed by atoms with van der Waals surface area (Å²) in [6.45, 7) is 4.08. The molecule has 0 atom stereocenters. The highest BCUT2D eigenvalue weighted by Gasteiger charge is 2.20. The molecule has 2 rings (SSSR count). The molecule has 5 nitrogen and oxygen atoms in total. The minimum Gasteiger partial charge on any atom is -0.494 e. The number of hydrogen-bond donors (Lipinski definition) is 2. The van der Waals surface area contributed by atoms with Crippen LogP contribution >= 0.6 is 0 Å². The van der Waals surface area contributed by atoms with Gasteiger partial charge in [-0.1, -0.05) is 6.07 Å². The number of rotatable bonds is 4. The maximum absolute atomic E-state index is 11.0. The monoisotopic (exact) mass is 263 g/mol. The molecule has 1 heterocycles. The van der Waals surface area contributed by atoms with Gasteiger partial charge < -0.3 is 20.7 Å². The first kappa shape index (κ1) is 13.5. The van der Waals surface area contributed by atoms with Crippen LogP contribution in [0.3, 0.4) is 0 Å². The van der Waals surface area contributed by atoms with E-state index in [0.29, 0.717) is 12.6 Å². The molecule has 3 N–H and O–H groups in total. The van der Waals surface area contributed by atoms with Gasteiger partial charge in [0.15, 0.2) is 0 Å². The van der Waals surface area contributed by atoms with Crippen LogP contribution in [0.15, 0.2) is 24.3 Å². The quantitative estimate of drug-likeness (QED) is 0.873. The molecule has 104 valence electrons. The number of amides is 2. The zero-order valence-electron chi connectivity index (χ0n) is 11.3. The third-order valence-corrected chi connectivity index (χ3v) is 3.32. The van der Waals surface area contributed by atoms with Crippen LogP contribution in [0.25, 0.3) is 0 Å². The summed E-state index contributed by atoms with van der Waals surface area (Å²) in [6.07, 6.45) is 1.84. The average Bonchev–Trinajstić information content (AvgIpc) is 2.40. The zero-order chi connectivity index (χ0) is 13.7. The molecule has 1 saturated heterocycles. The van der Waals surface area contributed by atoms with Crippen molar-refractivity contribution in [3.05, 3.63) is 24.3 Å². The average molecular weight is 263 g/mol. The number of ether oxygens (including phenoxy) is 1. The topological polar surface area (TPSA) is 67.6 Å². The standard InChI is InChI=1S/C14H21N3O2/c1-2-19-13-5-3-4-12(10-13)16-11-6-8-17(9-7-11)14(15)18/h3-5,10-11,16H,2,6-9H2,1H3,(H2,15,18). The van der Waals surface area contributed by atoms with Crippen LogP contribution in [0.4, 0.5) is 10.5 Å². The predicted molar refractivity (Wildman–Crippen MR) is 75.4 cm³/mol. The molecule has 1 aliphatic heterocycles. The number of piperidine rings is 1. The normalized spacial score (nSPS) is 16.2. The molecular formula is C14H21N3O2. The van der Waals surface area contributed by atoms with Crippen LogP contribution in [-0.4, -0.2) is 36.7 Å². The molecule has 5 heteroatoms. The molecule has 0 unspecified atom stereocenters. The Balaban J connectivity index is 1.88. The Morgan fingerprint density at radius 2 is 2.21 bits per heavy atom. The Hall–Kier alpha value is -1.91. The molecule has 0 aromatic heterocycles. The number of urea groups is 1. The second-order valence-electron chi connectivity index (χ2n) is 4.70. The maximum atomic E-state index is 11.0. The highest BCUT2D eigenvalue weighted by Crippen LogP contribution is 2.21. The van der Waals surface area contributed by atoms with Gasteiger partial charge in [-0.05, 0) is 31.9 Å². The maximum Gasteiger partial charge on any atom is 0.314 e. The molecular weight excluding hydrogens is 242 g/mol. The number of hydrogen-bond acceptors (Lipinski definition) is 3. The Morgan fingerprint density at radius 1 is 1.47 bits per heavy atom. The second-order valence-corrected chi connectivity index (χ2v) is 4.70. The van der Waals surface area contributed by atoms with E-state index >= 15 is 0 Å². The Bertz CT molecular complexity index is 428. The number of anilines is 1.